The van der Waals surface area contributed by atoms with Crippen LogP contribution in [0, 0.1) is 0 Å². The fourth-order valence-corrected chi connectivity index (χ4v) is 3.28. The summed E-state index contributed by atoms with van der Waals surface area (Å²) in [4.78, 5) is 34.8. The van der Waals surface area contributed by atoms with E-state index in [1.165, 1.54) is 6.08 Å². The predicted octanol–water partition coefficient (Wildman–Crippen LogP) is 3.32. The molecular weight excluding hydrogens is 390 g/mol. The van der Waals surface area contributed by atoms with Crippen LogP contribution in [0.25, 0.3) is 11.1 Å². The Labute approximate surface area is 173 Å². The molecule has 1 aliphatic rings. The molecule has 0 fully saturated rings. The van der Waals surface area contributed by atoms with Crippen LogP contribution < -0.4 is 5.32 Å². The van der Waals surface area contributed by atoms with Crippen LogP contribution in [0.1, 0.15) is 17.0 Å². The van der Waals surface area contributed by atoms with Gasteiger partial charge < -0.3 is 24.6 Å². The van der Waals surface area contributed by atoms with E-state index in [4.69, 9.17) is 4.74 Å². The molecule has 0 saturated heterocycles. The van der Waals surface area contributed by atoms with Gasteiger partial charge in [0.15, 0.2) is 6.04 Å². The Balaban J connectivity index is 1.59. The number of alkyl carbamates (subject to hydrolysis) is 1. The van der Waals surface area contributed by atoms with Crippen LogP contribution >= 0.6 is 0 Å². The zero-order chi connectivity index (χ0) is 21.5. The highest BCUT2D eigenvalue weighted by Crippen LogP contribution is 2.44. The summed E-state index contributed by atoms with van der Waals surface area (Å²) in [7, 11) is 0. The van der Waals surface area contributed by atoms with Gasteiger partial charge in [-0.1, -0.05) is 61.2 Å². The second-order valence-electron chi connectivity index (χ2n) is 6.52. The SMILES string of the molecule is C=CCOC(=O)OC[C@H](NC(=O)OCC1c2ccccc2-c2ccccc21)C(=O)O. The molecule has 8 heteroatoms. The first kappa shape index (κ1) is 20.9. The lowest BCUT2D eigenvalue weighted by Crippen LogP contribution is -2.45. The largest absolute Gasteiger partial charge is 0.508 e. The molecular formula is C22H21NO7. The molecule has 2 aromatic rings. The number of amides is 1. The average Bonchev–Trinajstić information content (AvgIpc) is 3.07. The number of carbonyl (C=O) groups is 3. The lowest BCUT2D eigenvalue weighted by atomic mass is 9.98. The number of aliphatic carboxylic acids is 1. The molecule has 156 valence electrons. The van der Waals surface area contributed by atoms with Crippen molar-refractivity contribution in [2.24, 2.45) is 0 Å². The van der Waals surface area contributed by atoms with Gasteiger partial charge in [0.05, 0.1) is 0 Å². The summed E-state index contributed by atoms with van der Waals surface area (Å²) in [6.45, 7) is 2.74. The van der Waals surface area contributed by atoms with Crippen molar-refractivity contribution in [3.05, 3.63) is 72.3 Å². The standard InChI is InChI=1S/C22H21NO7/c1-2-11-28-22(27)30-13-19(20(24)25)23-21(26)29-12-18-16-9-5-3-7-14(16)15-8-4-6-10-17(15)18/h2-10,18-19H,1,11-13H2,(H,23,26)(H,24,25)/t19-/m0/s1. The fourth-order valence-electron chi connectivity index (χ4n) is 3.28. The lowest BCUT2D eigenvalue weighted by Gasteiger charge is -2.17. The van der Waals surface area contributed by atoms with Crippen molar-refractivity contribution in [1.82, 2.24) is 5.32 Å². The van der Waals surface area contributed by atoms with Crippen LogP contribution in [0.15, 0.2) is 61.2 Å². The first-order valence-corrected chi connectivity index (χ1v) is 9.26. The lowest BCUT2D eigenvalue weighted by molar-refractivity contribution is -0.140. The molecule has 1 aliphatic carbocycles. The third-order valence-corrected chi connectivity index (χ3v) is 4.62. The van der Waals surface area contributed by atoms with Gasteiger partial charge in [-0.25, -0.2) is 14.4 Å². The maximum atomic E-state index is 12.2. The molecule has 0 radical (unpaired) electrons. The predicted molar refractivity (Wildman–Crippen MR) is 107 cm³/mol. The Hall–Kier alpha value is -3.81. The number of carboxylic acid groups (broad SMARTS) is 1. The van der Waals surface area contributed by atoms with Crippen LogP contribution in [0.5, 0.6) is 0 Å². The van der Waals surface area contributed by atoms with Gasteiger partial charge in [-0.05, 0) is 22.3 Å². The van der Waals surface area contributed by atoms with Crippen molar-refractivity contribution in [2.75, 3.05) is 19.8 Å². The number of carboxylic acids is 1. The van der Waals surface area contributed by atoms with Crippen LogP contribution in [0.2, 0.25) is 0 Å². The summed E-state index contributed by atoms with van der Waals surface area (Å²) in [5, 5.41) is 11.4. The van der Waals surface area contributed by atoms with Crippen molar-refractivity contribution in [2.45, 2.75) is 12.0 Å². The van der Waals surface area contributed by atoms with Gasteiger partial charge in [-0.15, -0.1) is 0 Å². The third-order valence-electron chi connectivity index (χ3n) is 4.62. The van der Waals surface area contributed by atoms with E-state index in [0.717, 1.165) is 22.3 Å². The monoisotopic (exact) mass is 411 g/mol. The number of carbonyl (C=O) groups excluding carboxylic acids is 2. The van der Waals surface area contributed by atoms with E-state index >= 15 is 0 Å². The number of hydrogen-bond donors (Lipinski definition) is 2. The number of benzene rings is 2. The van der Waals surface area contributed by atoms with E-state index in [1.807, 2.05) is 48.5 Å². The molecule has 0 saturated carbocycles. The van der Waals surface area contributed by atoms with Gasteiger partial charge in [0, 0.05) is 5.92 Å². The molecule has 1 amide bonds. The zero-order valence-corrected chi connectivity index (χ0v) is 16.1. The van der Waals surface area contributed by atoms with Gasteiger partial charge >= 0.3 is 18.2 Å². The minimum Gasteiger partial charge on any atom is -0.480 e. The molecule has 30 heavy (non-hydrogen) atoms. The molecule has 8 nitrogen and oxygen atoms in total. The van der Waals surface area contributed by atoms with Crippen molar-refractivity contribution in [3.63, 3.8) is 0 Å². The Morgan fingerprint density at radius 3 is 2.17 bits per heavy atom. The van der Waals surface area contributed by atoms with Crippen molar-refractivity contribution in [1.29, 1.82) is 0 Å². The van der Waals surface area contributed by atoms with Gasteiger partial charge in [0.2, 0.25) is 0 Å². The van der Waals surface area contributed by atoms with E-state index in [0.29, 0.717) is 0 Å². The first-order chi connectivity index (χ1) is 14.5. The smallest absolute Gasteiger partial charge is 0.480 e. The summed E-state index contributed by atoms with van der Waals surface area (Å²) < 4.78 is 14.6. The number of nitrogens with one attached hydrogen (secondary N) is 1. The molecule has 1 atom stereocenters. The summed E-state index contributed by atoms with van der Waals surface area (Å²) in [6.07, 6.45) is -0.645. The number of fused-ring (bicyclic) bond motifs is 3. The van der Waals surface area contributed by atoms with E-state index < -0.39 is 30.9 Å². The Morgan fingerprint density at radius 1 is 1.00 bits per heavy atom. The average molecular weight is 411 g/mol. The fraction of sp³-hybridized carbons (Fsp3) is 0.227. The topological polar surface area (TPSA) is 111 Å². The van der Waals surface area contributed by atoms with E-state index in [2.05, 4.69) is 21.4 Å². The Kier molecular flexibility index (Phi) is 6.69. The van der Waals surface area contributed by atoms with Gasteiger partial charge in [-0.3, -0.25) is 0 Å². The molecule has 2 N–H and O–H groups in total. The van der Waals surface area contributed by atoms with Crippen LogP contribution in [-0.2, 0) is 19.0 Å². The highest BCUT2D eigenvalue weighted by molar-refractivity contribution is 5.81. The molecule has 0 aromatic heterocycles. The van der Waals surface area contributed by atoms with E-state index in [1.54, 1.807) is 0 Å². The maximum absolute atomic E-state index is 12.2. The minimum atomic E-state index is -1.48. The Bertz CT molecular complexity index is 911. The normalized spacial score (nSPS) is 12.8. The molecule has 0 bridgehead atoms. The molecule has 2 aromatic carbocycles. The maximum Gasteiger partial charge on any atom is 0.508 e. The van der Waals surface area contributed by atoms with Crippen LogP contribution in [0.3, 0.4) is 0 Å². The second-order valence-corrected chi connectivity index (χ2v) is 6.52. The summed E-state index contributed by atoms with van der Waals surface area (Å²) in [6, 6.07) is 14.2. The molecule has 0 heterocycles. The van der Waals surface area contributed by atoms with Gasteiger partial charge in [0.1, 0.15) is 19.8 Å². The number of hydrogen-bond acceptors (Lipinski definition) is 6. The molecule has 0 unspecified atom stereocenters. The van der Waals surface area contributed by atoms with Crippen LogP contribution in [0.4, 0.5) is 9.59 Å². The quantitative estimate of drug-likeness (QED) is 0.506. The molecule has 0 spiro atoms. The van der Waals surface area contributed by atoms with Crippen molar-refractivity contribution in [3.8, 4) is 11.1 Å². The second kappa shape index (κ2) is 9.60. The van der Waals surface area contributed by atoms with E-state index in [-0.39, 0.29) is 19.1 Å². The summed E-state index contributed by atoms with van der Waals surface area (Å²) >= 11 is 0. The highest BCUT2D eigenvalue weighted by Gasteiger charge is 2.30. The first-order valence-electron chi connectivity index (χ1n) is 9.26. The van der Waals surface area contributed by atoms with Gasteiger partial charge in [-0.2, -0.15) is 0 Å². The number of rotatable bonds is 8. The number of ether oxygens (including phenoxy) is 3. The minimum absolute atomic E-state index is 0.0361. The van der Waals surface area contributed by atoms with Gasteiger partial charge in [0.25, 0.3) is 0 Å². The zero-order valence-electron chi connectivity index (χ0n) is 16.1. The summed E-state index contributed by atoms with van der Waals surface area (Å²) in [5.74, 6) is -1.53. The van der Waals surface area contributed by atoms with E-state index in [9.17, 15) is 19.5 Å². The highest BCUT2D eigenvalue weighted by atomic mass is 16.7. The Morgan fingerprint density at radius 2 is 1.60 bits per heavy atom. The molecule has 3 rings (SSSR count). The van der Waals surface area contributed by atoms with Crippen LogP contribution in [-0.4, -0.2) is 49.2 Å². The third kappa shape index (κ3) is 4.78. The summed E-state index contributed by atoms with van der Waals surface area (Å²) in [5.41, 5.74) is 4.23. The van der Waals surface area contributed by atoms with Crippen molar-refractivity contribution >= 4 is 18.2 Å². The molecule has 0 aliphatic heterocycles. The van der Waals surface area contributed by atoms with Crippen molar-refractivity contribution < 1.29 is 33.7 Å².